The van der Waals surface area contributed by atoms with E-state index in [-0.39, 0.29) is 11.5 Å². The number of carbonyl (C=O) groups is 5. The number of esters is 2. The first-order valence-electron chi connectivity index (χ1n) is 14.7. The highest BCUT2D eigenvalue weighted by Gasteiger charge is 2.97. The lowest BCUT2D eigenvalue weighted by Crippen LogP contribution is -2.49. The monoisotopic (exact) mass is 738 g/mol. The van der Waals surface area contributed by atoms with Crippen molar-refractivity contribution in [3.8, 4) is 11.5 Å². The number of fused-ring (bicyclic) bond motifs is 6. The van der Waals surface area contributed by atoms with E-state index in [1.54, 1.807) is 111 Å². The topological polar surface area (TPSA) is 104 Å². The molecule has 0 amide bonds. The summed E-state index contributed by atoms with van der Waals surface area (Å²) in [6.07, 6.45) is 0. The number of halogens is 2. The van der Waals surface area contributed by atoms with Crippen LogP contribution in [-0.2, 0) is 14.4 Å². The van der Waals surface area contributed by atoms with Gasteiger partial charge in [0, 0.05) is 43.0 Å². The molecule has 8 rings (SSSR count). The van der Waals surface area contributed by atoms with Gasteiger partial charge in [0.05, 0.1) is 10.8 Å². The van der Waals surface area contributed by atoms with Crippen molar-refractivity contribution >= 4 is 61.1 Å². The molecule has 0 aromatic heterocycles. The van der Waals surface area contributed by atoms with E-state index >= 15 is 4.79 Å². The van der Waals surface area contributed by atoms with Crippen molar-refractivity contribution in [1.29, 1.82) is 0 Å². The fourth-order valence-corrected chi connectivity index (χ4v) is 9.41. The quantitative estimate of drug-likeness (QED) is 0.0888. The summed E-state index contributed by atoms with van der Waals surface area (Å²) in [6.45, 7) is 3.18. The number of ether oxygens (including phenoxy) is 2. The molecular formula is C37H24Br2O7. The lowest BCUT2D eigenvalue weighted by molar-refractivity contribution is -0.157. The standard InChI is InChI=1S/C37H24Br2O7/c1-34(29(40)19-9-5-3-6-10-19)27-23-17-21(38)13-15-25(23)45-32(43)36(27,34)31(42)37-28(24-18-22(39)14-16-26(24)46-33(37)44)35(37,2)30(41)20-11-7-4-8-12-20/h3-18,27-28H,1-2H3/t27-,28-,34-,35+,36+,37-/m1/s1. The molecule has 2 fully saturated rings. The highest BCUT2D eigenvalue weighted by atomic mass is 79.9. The van der Waals surface area contributed by atoms with Crippen LogP contribution in [0.15, 0.2) is 106 Å². The smallest absolute Gasteiger partial charge is 0.326 e. The fraction of sp³-hybridized carbons (Fsp3) is 0.216. The van der Waals surface area contributed by atoms with Gasteiger partial charge in [-0.1, -0.05) is 106 Å². The Hall–Kier alpha value is -4.21. The van der Waals surface area contributed by atoms with Gasteiger partial charge in [-0.3, -0.25) is 24.0 Å². The first kappa shape index (κ1) is 29.2. The summed E-state index contributed by atoms with van der Waals surface area (Å²) in [5.41, 5.74) is -5.88. The molecule has 2 aliphatic carbocycles. The van der Waals surface area contributed by atoms with Crippen LogP contribution in [0.5, 0.6) is 11.5 Å². The SMILES string of the molecule is C[C@]1(C(=O)c2ccccc2)[C@H]2c3cc(Br)ccc3OC(=O)[C@@]21C(=O)[C@@]12C(=O)Oc3ccc(Br)cc3[C@@H]1[C@@]2(C)C(=O)c1ccccc1. The molecule has 6 atom stereocenters. The van der Waals surface area contributed by atoms with E-state index in [1.165, 1.54) is 0 Å². The fourth-order valence-electron chi connectivity index (χ4n) is 8.65. The Morgan fingerprint density at radius 3 is 1.33 bits per heavy atom. The molecule has 228 valence electrons. The van der Waals surface area contributed by atoms with Crippen molar-refractivity contribution < 1.29 is 33.4 Å². The maximum atomic E-state index is 15.7. The van der Waals surface area contributed by atoms with Crippen molar-refractivity contribution in [2.24, 2.45) is 21.7 Å². The van der Waals surface area contributed by atoms with E-state index in [1.807, 2.05) is 0 Å². The molecule has 0 N–H and O–H groups in total. The molecular weight excluding hydrogens is 716 g/mol. The van der Waals surface area contributed by atoms with Gasteiger partial charge in [0.2, 0.25) is 0 Å². The van der Waals surface area contributed by atoms with Gasteiger partial charge in [0.15, 0.2) is 17.3 Å². The third kappa shape index (κ3) is 3.25. The summed E-state index contributed by atoms with van der Waals surface area (Å²) in [6, 6.07) is 27.0. The van der Waals surface area contributed by atoms with Gasteiger partial charge in [-0.25, -0.2) is 0 Å². The molecule has 0 unspecified atom stereocenters. The molecule has 0 saturated heterocycles. The van der Waals surface area contributed by atoms with E-state index in [0.717, 1.165) is 0 Å². The summed E-state index contributed by atoms with van der Waals surface area (Å²) < 4.78 is 13.0. The number of ketones is 3. The largest absolute Gasteiger partial charge is 0.425 e. The summed E-state index contributed by atoms with van der Waals surface area (Å²) >= 11 is 6.97. The molecule has 46 heavy (non-hydrogen) atoms. The number of hydrogen-bond donors (Lipinski definition) is 0. The zero-order chi connectivity index (χ0) is 32.4. The highest BCUT2D eigenvalue weighted by Crippen LogP contribution is 2.87. The average molecular weight is 740 g/mol. The Morgan fingerprint density at radius 1 is 0.587 bits per heavy atom. The van der Waals surface area contributed by atoms with Crippen molar-refractivity contribution in [3.05, 3.63) is 128 Å². The van der Waals surface area contributed by atoms with Crippen molar-refractivity contribution in [3.63, 3.8) is 0 Å². The Balaban J connectivity index is 1.39. The molecule has 0 radical (unpaired) electrons. The summed E-state index contributed by atoms with van der Waals surface area (Å²) in [5.74, 6) is -5.01. The van der Waals surface area contributed by atoms with Crippen LogP contribution in [0.25, 0.3) is 0 Å². The van der Waals surface area contributed by atoms with Gasteiger partial charge in [-0.15, -0.1) is 0 Å². The van der Waals surface area contributed by atoms with E-state index in [4.69, 9.17) is 9.47 Å². The Kier molecular flexibility index (Phi) is 5.98. The third-order valence-electron chi connectivity index (χ3n) is 10.8. The van der Waals surface area contributed by atoms with Crippen LogP contribution in [0, 0.1) is 21.7 Å². The second-order valence-corrected chi connectivity index (χ2v) is 14.6. The zero-order valence-corrected chi connectivity index (χ0v) is 27.7. The average Bonchev–Trinajstić information content (AvgIpc) is 3.88. The second-order valence-electron chi connectivity index (χ2n) is 12.7. The molecule has 9 heteroatoms. The summed E-state index contributed by atoms with van der Waals surface area (Å²) in [5, 5.41) is 0. The Morgan fingerprint density at radius 2 is 0.957 bits per heavy atom. The van der Waals surface area contributed by atoms with Crippen molar-refractivity contribution in [2.75, 3.05) is 0 Å². The Bertz CT molecular complexity index is 1930. The summed E-state index contributed by atoms with van der Waals surface area (Å²) in [7, 11) is 0. The highest BCUT2D eigenvalue weighted by molar-refractivity contribution is 9.10. The van der Waals surface area contributed by atoms with Gasteiger partial charge < -0.3 is 9.47 Å². The van der Waals surface area contributed by atoms with E-state index in [0.29, 0.717) is 31.2 Å². The molecule has 4 aliphatic rings. The van der Waals surface area contributed by atoms with Gasteiger partial charge in [0.25, 0.3) is 0 Å². The molecule has 0 bridgehead atoms. The molecule has 2 heterocycles. The van der Waals surface area contributed by atoms with E-state index in [9.17, 15) is 19.2 Å². The van der Waals surface area contributed by atoms with Crippen LogP contribution < -0.4 is 9.47 Å². The molecule has 2 aliphatic heterocycles. The maximum Gasteiger partial charge on any atom is 0.326 e. The number of hydrogen-bond acceptors (Lipinski definition) is 7. The predicted octanol–water partition coefficient (Wildman–Crippen LogP) is 7.26. The molecule has 0 spiro atoms. The summed E-state index contributed by atoms with van der Waals surface area (Å²) in [4.78, 5) is 73.5. The van der Waals surface area contributed by atoms with Crippen LogP contribution in [0.1, 0.15) is 57.5 Å². The normalized spacial score (nSPS) is 31.2. The maximum absolute atomic E-state index is 15.7. The van der Waals surface area contributed by atoms with E-state index < -0.39 is 62.8 Å². The van der Waals surface area contributed by atoms with Crippen LogP contribution in [-0.4, -0.2) is 29.3 Å². The number of benzene rings is 4. The predicted molar refractivity (Wildman–Crippen MR) is 173 cm³/mol. The second kappa shape index (κ2) is 9.42. The first-order valence-corrected chi connectivity index (χ1v) is 16.3. The van der Waals surface area contributed by atoms with Crippen molar-refractivity contribution in [2.45, 2.75) is 25.7 Å². The van der Waals surface area contributed by atoms with Crippen molar-refractivity contribution in [1.82, 2.24) is 0 Å². The minimum Gasteiger partial charge on any atom is -0.425 e. The molecule has 4 aromatic carbocycles. The minimum atomic E-state index is -2.11. The van der Waals surface area contributed by atoms with Gasteiger partial charge in [0.1, 0.15) is 22.3 Å². The van der Waals surface area contributed by atoms with Crippen LogP contribution in [0.4, 0.5) is 0 Å². The molecule has 4 aromatic rings. The lowest BCUT2D eigenvalue weighted by atomic mass is 9.73. The van der Waals surface area contributed by atoms with Gasteiger partial charge in [-0.05, 0) is 36.4 Å². The van der Waals surface area contributed by atoms with Crippen LogP contribution in [0.2, 0.25) is 0 Å². The number of carbonyl (C=O) groups excluding carboxylic acids is 5. The molecule has 7 nitrogen and oxygen atoms in total. The minimum absolute atomic E-state index is 0.236. The molecule has 2 saturated carbocycles. The van der Waals surface area contributed by atoms with E-state index in [2.05, 4.69) is 31.9 Å². The Labute approximate surface area is 280 Å². The third-order valence-corrected chi connectivity index (χ3v) is 11.8. The lowest BCUT2D eigenvalue weighted by Gasteiger charge is -2.30. The zero-order valence-electron chi connectivity index (χ0n) is 24.5. The van der Waals surface area contributed by atoms with Gasteiger partial charge in [-0.2, -0.15) is 0 Å². The van der Waals surface area contributed by atoms with Gasteiger partial charge >= 0.3 is 11.9 Å². The van der Waals surface area contributed by atoms with Crippen LogP contribution >= 0.6 is 31.9 Å². The first-order chi connectivity index (χ1) is 22.0. The van der Waals surface area contributed by atoms with Crippen LogP contribution in [0.3, 0.4) is 0 Å². The number of Topliss-reactive ketones (excluding diaryl/α,β-unsaturated/α-hetero) is 3. The number of rotatable bonds is 6.